The van der Waals surface area contributed by atoms with Gasteiger partial charge in [-0.2, -0.15) is 0 Å². The number of fused-ring (bicyclic) bond motifs is 1. The second kappa shape index (κ2) is 5.28. The molecule has 21 heavy (non-hydrogen) atoms. The SMILES string of the molecule is Cc1ccc(-c2sc(-c3ccc(Br)s3)c3nccnc23)s1. The van der Waals surface area contributed by atoms with Gasteiger partial charge in [0.05, 0.1) is 13.5 Å². The summed E-state index contributed by atoms with van der Waals surface area (Å²) in [6.07, 6.45) is 3.54. The third kappa shape index (κ3) is 2.36. The second-order valence-electron chi connectivity index (χ2n) is 4.53. The summed E-state index contributed by atoms with van der Waals surface area (Å²) in [4.78, 5) is 15.4. The highest BCUT2D eigenvalue weighted by Gasteiger charge is 2.18. The topological polar surface area (TPSA) is 25.8 Å². The van der Waals surface area contributed by atoms with Crippen LogP contribution in [0.4, 0.5) is 0 Å². The zero-order valence-electron chi connectivity index (χ0n) is 11.0. The lowest BCUT2D eigenvalue weighted by Crippen LogP contribution is -1.79. The largest absolute Gasteiger partial charge is 0.251 e. The predicted molar refractivity (Wildman–Crippen MR) is 96.5 cm³/mol. The summed E-state index contributed by atoms with van der Waals surface area (Å²) in [6, 6.07) is 8.55. The van der Waals surface area contributed by atoms with Gasteiger partial charge in [-0.05, 0) is 47.1 Å². The maximum absolute atomic E-state index is 4.57. The Morgan fingerprint density at radius 1 is 0.810 bits per heavy atom. The number of hydrogen-bond donors (Lipinski definition) is 0. The molecule has 0 unspecified atom stereocenters. The fraction of sp³-hybridized carbons (Fsp3) is 0.0667. The van der Waals surface area contributed by atoms with Crippen LogP contribution in [-0.2, 0) is 0 Å². The molecular formula is C15H9BrN2S3. The average molecular weight is 393 g/mol. The normalized spacial score (nSPS) is 11.3. The molecule has 0 fully saturated rings. The molecule has 0 spiro atoms. The molecule has 104 valence electrons. The van der Waals surface area contributed by atoms with E-state index >= 15 is 0 Å². The molecule has 0 aliphatic rings. The molecule has 4 heterocycles. The van der Waals surface area contributed by atoms with E-state index in [9.17, 15) is 0 Å². The van der Waals surface area contributed by atoms with Gasteiger partial charge in [0.2, 0.25) is 0 Å². The Balaban J connectivity index is 2.01. The van der Waals surface area contributed by atoms with Crippen LogP contribution < -0.4 is 0 Å². The van der Waals surface area contributed by atoms with E-state index in [4.69, 9.17) is 0 Å². The van der Waals surface area contributed by atoms with Crippen LogP contribution in [0.3, 0.4) is 0 Å². The van der Waals surface area contributed by atoms with Gasteiger partial charge in [0.25, 0.3) is 0 Å². The standard InChI is InChI=1S/C15H9BrN2S3/c1-8-2-3-9(19-8)14-12-13(18-7-6-17-12)15(21-14)10-4-5-11(16)20-10/h2-7H,1H3. The molecule has 0 saturated carbocycles. The van der Waals surface area contributed by atoms with Crippen molar-refractivity contribution >= 4 is 61.0 Å². The van der Waals surface area contributed by atoms with Crippen LogP contribution in [-0.4, -0.2) is 9.97 Å². The Bertz CT molecular complexity index is 861. The van der Waals surface area contributed by atoms with Crippen LogP contribution in [0.15, 0.2) is 40.4 Å². The van der Waals surface area contributed by atoms with Gasteiger partial charge in [-0.15, -0.1) is 34.0 Å². The van der Waals surface area contributed by atoms with E-state index in [0.717, 1.165) is 14.8 Å². The Kier molecular flexibility index (Phi) is 3.41. The summed E-state index contributed by atoms with van der Waals surface area (Å²) in [5, 5.41) is 0. The molecule has 6 heteroatoms. The van der Waals surface area contributed by atoms with Crippen molar-refractivity contribution in [2.75, 3.05) is 0 Å². The average Bonchev–Trinajstić information content (AvgIpc) is 3.17. The highest BCUT2D eigenvalue weighted by Crippen LogP contribution is 2.46. The number of rotatable bonds is 2. The minimum absolute atomic E-state index is 0.998. The van der Waals surface area contributed by atoms with Crippen molar-refractivity contribution in [3.05, 3.63) is 45.3 Å². The van der Waals surface area contributed by atoms with Crippen molar-refractivity contribution in [3.63, 3.8) is 0 Å². The molecule has 0 bridgehead atoms. The molecule has 0 radical (unpaired) electrons. The first-order valence-corrected chi connectivity index (χ1v) is 9.52. The van der Waals surface area contributed by atoms with Crippen LogP contribution in [0, 0.1) is 6.92 Å². The van der Waals surface area contributed by atoms with Crippen LogP contribution in [0.2, 0.25) is 0 Å². The highest BCUT2D eigenvalue weighted by molar-refractivity contribution is 9.11. The summed E-state index contributed by atoms with van der Waals surface area (Å²) >= 11 is 8.86. The zero-order valence-corrected chi connectivity index (χ0v) is 15.0. The first-order valence-electron chi connectivity index (χ1n) is 6.28. The molecule has 0 aliphatic carbocycles. The number of aryl methyl sites for hydroxylation is 1. The van der Waals surface area contributed by atoms with Gasteiger partial charge in [0, 0.05) is 27.0 Å². The van der Waals surface area contributed by atoms with E-state index in [1.165, 1.54) is 24.4 Å². The Morgan fingerprint density at radius 3 is 1.95 bits per heavy atom. The van der Waals surface area contributed by atoms with E-state index < -0.39 is 0 Å². The van der Waals surface area contributed by atoms with E-state index in [0.29, 0.717) is 0 Å². The van der Waals surface area contributed by atoms with Crippen molar-refractivity contribution in [1.29, 1.82) is 0 Å². The maximum atomic E-state index is 4.57. The van der Waals surface area contributed by atoms with Gasteiger partial charge in [-0.1, -0.05) is 0 Å². The Labute approximate surface area is 142 Å². The predicted octanol–water partition coefficient (Wildman–Crippen LogP) is 6.22. The molecule has 4 aromatic rings. The van der Waals surface area contributed by atoms with Gasteiger partial charge >= 0.3 is 0 Å². The van der Waals surface area contributed by atoms with Gasteiger partial charge < -0.3 is 0 Å². The first-order chi connectivity index (χ1) is 10.2. The maximum Gasteiger partial charge on any atom is 0.109 e. The third-order valence-electron chi connectivity index (χ3n) is 3.09. The van der Waals surface area contributed by atoms with Gasteiger partial charge in [-0.25, -0.2) is 0 Å². The van der Waals surface area contributed by atoms with E-state index in [-0.39, 0.29) is 0 Å². The fourth-order valence-corrected chi connectivity index (χ4v) is 5.86. The monoisotopic (exact) mass is 392 g/mol. The van der Waals surface area contributed by atoms with Crippen LogP contribution in [0.25, 0.3) is 30.5 Å². The molecule has 2 nitrogen and oxygen atoms in total. The zero-order chi connectivity index (χ0) is 14.4. The minimum Gasteiger partial charge on any atom is -0.251 e. The van der Waals surface area contributed by atoms with Crippen molar-refractivity contribution in [1.82, 2.24) is 9.97 Å². The van der Waals surface area contributed by atoms with Crippen molar-refractivity contribution < 1.29 is 0 Å². The number of nitrogens with zero attached hydrogens (tertiary/aromatic N) is 2. The van der Waals surface area contributed by atoms with E-state index in [2.05, 4.69) is 57.1 Å². The molecule has 0 N–H and O–H groups in total. The lowest BCUT2D eigenvalue weighted by molar-refractivity contribution is 1.31. The molecule has 0 aliphatic heterocycles. The summed E-state index contributed by atoms with van der Waals surface area (Å²) < 4.78 is 1.14. The molecule has 4 aromatic heterocycles. The van der Waals surface area contributed by atoms with Crippen molar-refractivity contribution in [2.45, 2.75) is 6.92 Å². The van der Waals surface area contributed by atoms with E-state index in [1.807, 2.05) is 0 Å². The van der Waals surface area contributed by atoms with Crippen molar-refractivity contribution in [3.8, 4) is 19.5 Å². The molecule has 0 atom stereocenters. The smallest absolute Gasteiger partial charge is 0.109 e. The second-order valence-corrected chi connectivity index (χ2v) is 9.30. The van der Waals surface area contributed by atoms with Crippen LogP contribution in [0.1, 0.15) is 4.88 Å². The Hall–Kier alpha value is -1.08. The number of hydrogen-bond acceptors (Lipinski definition) is 5. The van der Waals surface area contributed by atoms with Gasteiger partial charge in [0.15, 0.2) is 0 Å². The molecule has 0 aromatic carbocycles. The van der Waals surface area contributed by atoms with Crippen molar-refractivity contribution in [2.24, 2.45) is 0 Å². The number of halogens is 1. The number of aromatic nitrogens is 2. The van der Waals surface area contributed by atoms with Gasteiger partial charge in [-0.3, -0.25) is 9.97 Å². The lowest BCUT2D eigenvalue weighted by Gasteiger charge is -1.92. The van der Waals surface area contributed by atoms with Crippen LogP contribution in [0.5, 0.6) is 0 Å². The highest BCUT2D eigenvalue weighted by atomic mass is 79.9. The Morgan fingerprint density at radius 2 is 1.43 bits per heavy atom. The quantitative estimate of drug-likeness (QED) is 0.404. The minimum atomic E-state index is 0.998. The van der Waals surface area contributed by atoms with Gasteiger partial charge in [0.1, 0.15) is 11.0 Å². The third-order valence-corrected chi connectivity index (χ3v) is 7.25. The molecular weight excluding hydrogens is 384 g/mol. The molecule has 0 saturated heterocycles. The first kappa shape index (κ1) is 13.6. The lowest BCUT2D eigenvalue weighted by atomic mass is 10.3. The van der Waals surface area contributed by atoms with E-state index in [1.54, 1.807) is 46.4 Å². The summed E-state index contributed by atoms with van der Waals surface area (Å²) in [5.41, 5.74) is 2.00. The number of thiophene rings is 3. The summed E-state index contributed by atoms with van der Waals surface area (Å²) in [5.74, 6) is 0. The fourth-order valence-electron chi connectivity index (χ4n) is 2.20. The summed E-state index contributed by atoms with van der Waals surface area (Å²) in [7, 11) is 0. The molecule has 0 amide bonds. The van der Waals surface area contributed by atoms with Crippen LogP contribution >= 0.6 is 49.9 Å². The molecule has 4 rings (SSSR count). The summed E-state index contributed by atoms with van der Waals surface area (Å²) in [6.45, 7) is 2.13.